The maximum Gasteiger partial charge on any atom is -0.00190 e. The van der Waals surface area contributed by atoms with Crippen molar-refractivity contribution < 1.29 is 0 Å². The van der Waals surface area contributed by atoms with Crippen LogP contribution in [0.5, 0.6) is 0 Å². The van der Waals surface area contributed by atoms with E-state index in [-0.39, 0.29) is 0 Å². The van der Waals surface area contributed by atoms with Crippen molar-refractivity contribution in [2.75, 3.05) is 20.6 Å². The summed E-state index contributed by atoms with van der Waals surface area (Å²) < 4.78 is 0. The molecule has 0 aromatic heterocycles. The summed E-state index contributed by atoms with van der Waals surface area (Å²) in [5.74, 6) is 0.721. The lowest BCUT2D eigenvalue weighted by Gasteiger charge is -2.17. The first-order valence-electron chi connectivity index (χ1n) is 5.43. The fourth-order valence-electron chi connectivity index (χ4n) is 1.75. The zero-order valence-electron chi connectivity index (χ0n) is 9.53. The van der Waals surface area contributed by atoms with Gasteiger partial charge in [0.15, 0.2) is 0 Å². The number of rotatable bonds is 5. The second-order valence-electron chi connectivity index (χ2n) is 4.11. The first-order valence-corrected chi connectivity index (χ1v) is 5.43. The SMILES string of the molecule is CC[C@H](CCN(C)C)c1ccccc1. The van der Waals surface area contributed by atoms with Gasteiger partial charge in [0.05, 0.1) is 0 Å². The van der Waals surface area contributed by atoms with Crippen LogP contribution in [-0.4, -0.2) is 25.5 Å². The van der Waals surface area contributed by atoms with E-state index in [1.54, 1.807) is 0 Å². The lowest BCUT2D eigenvalue weighted by molar-refractivity contribution is 0.378. The molecule has 0 saturated heterocycles. The largest absolute Gasteiger partial charge is 0.309 e. The maximum absolute atomic E-state index is 2.27. The molecule has 1 nitrogen and oxygen atoms in total. The first kappa shape index (κ1) is 11.3. The minimum absolute atomic E-state index is 0.721. The van der Waals surface area contributed by atoms with E-state index in [4.69, 9.17) is 0 Å². The highest BCUT2D eigenvalue weighted by atomic mass is 15.0. The Bertz CT molecular complexity index is 241. The lowest BCUT2D eigenvalue weighted by Crippen LogP contribution is -2.15. The van der Waals surface area contributed by atoms with Crippen molar-refractivity contribution in [3.8, 4) is 0 Å². The van der Waals surface area contributed by atoms with Crippen LogP contribution in [-0.2, 0) is 0 Å². The van der Waals surface area contributed by atoms with Crippen LogP contribution in [0, 0.1) is 0 Å². The second kappa shape index (κ2) is 5.82. The van der Waals surface area contributed by atoms with Gasteiger partial charge in [-0.05, 0) is 45.0 Å². The minimum Gasteiger partial charge on any atom is -0.309 e. The van der Waals surface area contributed by atoms with Gasteiger partial charge in [0, 0.05) is 0 Å². The van der Waals surface area contributed by atoms with Crippen molar-refractivity contribution in [2.24, 2.45) is 0 Å². The van der Waals surface area contributed by atoms with E-state index in [1.165, 1.54) is 24.9 Å². The molecule has 0 fully saturated rings. The molecule has 1 atom stereocenters. The highest BCUT2D eigenvalue weighted by Crippen LogP contribution is 2.22. The molecule has 0 spiro atoms. The van der Waals surface area contributed by atoms with E-state index in [1.807, 2.05) is 0 Å². The quantitative estimate of drug-likeness (QED) is 0.691. The van der Waals surface area contributed by atoms with Gasteiger partial charge in [-0.25, -0.2) is 0 Å². The summed E-state index contributed by atoms with van der Waals surface area (Å²) in [5.41, 5.74) is 1.48. The van der Waals surface area contributed by atoms with Gasteiger partial charge in [0.25, 0.3) is 0 Å². The van der Waals surface area contributed by atoms with E-state index < -0.39 is 0 Å². The van der Waals surface area contributed by atoms with Gasteiger partial charge < -0.3 is 4.90 Å². The third kappa shape index (κ3) is 3.51. The van der Waals surface area contributed by atoms with Gasteiger partial charge >= 0.3 is 0 Å². The van der Waals surface area contributed by atoms with Crippen molar-refractivity contribution in [3.05, 3.63) is 35.9 Å². The first-order chi connectivity index (χ1) is 6.74. The Kier molecular flexibility index (Phi) is 4.68. The van der Waals surface area contributed by atoms with Gasteiger partial charge in [0.2, 0.25) is 0 Å². The number of benzene rings is 1. The smallest absolute Gasteiger partial charge is 0.00190 e. The molecular weight excluding hydrogens is 170 g/mol. The van der Waals surface area contributed by atoms with Gasteiger partial charge in [-0.1, -0.05) is 37.3 Å². The molecular formula is C13H21N. The highest BCUT2D eigenvalue weighted by Gasteiger charge is 2.08. The summed E-state index contributed by atoms with van der Waals surface area (Å²) >= 11 is 0. The molecule has 78 valence electrons. The summed E-state index contributed by atoms with van der Waals surface area (Å²) in [7, 11) is 4.27. The predicted octanol–water partition coefficient (Wildman–Crippen LogP) is 3.13. The third-order valence-corrected chi connectivity index (χ3v) is 2.69. The van der Waals surface area contributed by atoms with Crippen LogP contribution in [0.25, 0.3) is 0 Å². The average molecular weight is 191 g/mol. The third-order valence-electron chi connectivity index (χ3n) is 2.69. The van der Waals surface area contributed by atoms with E-state index in [0.717, 1.165) is 5.92 Å². The van der Waals surface area contributed by atoms with E-state index in [9.17, 15) is 0 Å². The second-order valence-corrected chi connectivity index (χ2v) is 4.11. The molecule has 0 heterocycles. The fourth-order valence-corrected chi connectivity index (χ4v) is 1.75. The van der Waals surface area contributed by atoms with Crippen LogP contribution < -0.4 is 0 Å². The Morgan fingerprint density at radius 3 is 2.29 bits per heavy atom. The van der Waals surface area contributed by atoms with Crippen molar-refractivity contribution >= 4 is 0 Å². The fraction of sp³-hybridized carbons (Fsp3) is 0.538. The molecule has 0 unspecified atom stereocenters. The van der Waals surface area contributed by atoms with Gasteiger partial charge in [0.1, 0.15) is 0 Å². The molecule has 0 aliphatic heterocycles. The summed E-state index contributed by atoms with van der Waals surface area (Å²) in [6, 6.07) is 10.8. The van der Waals surface area contributed by atoms with Crippen molar-refractivity contribution in [1.82, 2.24) is 4.90 Å². The van der Waals surface area contributed by atoms with Gasteiger partial charge in [-0.2, -0.15) is 0 Å². The molecule has 1 aromatic rings. The predicted molar refractivity (Wildman–Crippen MR) is 62.6 cm³/mol. The number of hydrogen-bond acceptors (Lipinski definition) is 1. The summed E-state index contributed by atoms with van der Waals surface area (Å²) in [6.07, 6.45) is 2.49. The molecule has 0 radical (unpaired) electrons. The van der Waals surface area contributed by atoms with Crippen LogP contribution in [0.15, 0.2) is 30.3 Å². The number of nitrogens with zero attached hydrogens (tertiary/aromatic N) is 1. The molecule has 0 amide bonds. The Morgan fingerprint density at radius 2 is 1.79 bits per heavy atom. The molecule has 0 saturated carbocycles. The topological polar surface area (TPSA) is 3.24 Å². The molecule has 0 bridgehead atoms. The van der Waals surface area contributed by atoms with Crippen molar-refractivity contribution in [2.45, 2.75) is 25.7 Å². The van der Waals surface area contributed by atoms with Gasteiger partial charge in [-0.3, -0.25) is 0 Å². The van der Waals surface area contributed by atoms with Crippen LogP contribution >= 0.6 is 0 Å². The van der Waals surface area contributed by atoms with Gasteiger partial charge in [-0.15, -0.1) is 0 Å². The van der Waals surface area contributed by atoms with E-state index >= 15 is 0 Å². The number of hydrogen-bond donors (Lipinski definition) is 0. The van der Waals surface area contributed by atoms with Crippen LogP contribution in [0.1, 0.15) is 31.2 Å². The Hall–Kier alpha value is -0.820. The normalized spacial score (nSPS) is 13.1. The molecule has 1 aromatic carbocycles. The zero-order chi connectivity index (χ0) is 10.4. The lowest BCUT2D eigenvalue weighted by atomic mass is 9.93. The van der Waals surface area contributed by atoms with Crippen molar-refractivity contribution in [3.63, 3.8) is 0 Å². The summed E-state index contributed by atoms with van der Waals surface area (Å²) in [4.78, 5) is 2.26. The zero-order valence-corrected chi connectivity index (χ0v) is 9.53. The highest BCUT2D eigenvalue weighted by molar-refractivity contribution is 5.19. The average Bonchev–Trinajstić information content (AvgIpc) is 2.20. The summed E-state index contributed by atoms with van der Waals surface area (Å²) in [5, 5.41) is 0. The Balaban J connectivity index is 2.54. The molecule has 0 aliphatic carbocycles. The Labute approximate surface area is 87.7 Å². The Morgan fingerprint density at radius 1 is 1.14 bits per heavy atom. The molecule has 14 heavy (non-hydrogen) atoms. The molecule has 0 aliphatic rings. The van der Waals surface area contributed by atoms with Crippen LogP contribution in [0.3, 0.4) is 0 Å². The molecule has 1 rings (SSSR count). The maximum atomic E-state index is 2.27. The van der Waals surface area contributed by atoms with Crippen LogP contribution in [0.2, 0.25) is 0 Å². The van der Waals surface area contributed by atoms with Crippen molar-refractivity contribution in [1.29, 1.82) is 0 Å². The van der Waals surface area contributed by atoms with E-state index in [2.05, 4.69) is 56.3 Å². The monoisotopic (exact) mass is 191 g/mol. The standard InChI is InChI=1S/C13H21N/c1-4-12(10-11-14(2)3)13-8-6-5-7-9-13/h5-9,12H,4,10-11H2,1-3H3/t12-/m1/s1. The van der Waals surface area contributed by atoms with E-state index in [0.29, 0.717) is 0 Å². The summed E-state index contributed by atoms with van der Waals surface area (Å²) in [6.45, 7) is 3.45. The molecule has 1 heteroatoms. The van der Waals surface area contributed by atoms with Crippen LogP contribution in [0.4, 0.5) is 0 Å². The molecule has 0 N–H and O–H groups in total. The minimum atomic E-state index is 0.721.